The number of nitrogens with zero attached hydrogens (tertiary/aromatic N) is 5. The van der Waals surface area contributed by atoms with E-state index in [1.54, 1.807) is 37.4 Å². The van der Waals surface area contributed by atoms with Crippen LogP contribution in [0.1, 0.15) is 27.6 Å². The Morgan fingerprint density at radius 1 is 1.06 bits per heavy atom. The molecule has 0 saturated carbocycles. The van der Waals surface area contributed by atoms with Crippen LogP contribution in [0.3, 0.4) is 0 Å². The third kappa shape index (κ3) is 4.20. The van der Waals surface area contributed by atoms with E-state index >= 15 is 0 Å². The molecule has 1 amide bonds. The Morgan fingerprint density at radius 3 is 2.45 bits per heavy atom. The van der Waals surface area contributed by atoms with E-state index in [-0.39, 0.29) is 23.9 Å². The largest absolute Gasteiger partial charge is 0.462 e. The number of pyridine rings is 1. The second kappa shape index (κ2) is 8.86. The van der Waals surface area contributed by atoms with E-state index in [2.05, 4.69) is 15.0 Å². The monoisotopic (exact) mass is 420 g/mol. The summed E-state index contributed by atoms with van der Waals surface area (Å²) >= 11 is 0. The van der Waals surface area contributed by atoms with Gasteiger partial charge in [0.05, 0.1) is 18.5 Å². The summed E-state index contributed by atoms with van der Waals surface area (Å²) in [4.78, 5) is 33.2. The molecule has 1 aliphatic rings. The number of rotatable bonds is 5. The van der Waals surface area contributed by atoms with Crippen LogP contribution in [0, 0.1) is 0 Å². The summed E-state index contributed by atoms with van der Waals surface area (Å²) < 4.78 is 6.43. The molecular formula is C22H24N6O3. The van der Waals surface area contributed by atoms with E-state index in [9.17, 15) is 9.59 Å². The van der Waals surface area contributed by atoms with E-state index in [1.807, 2.05) is 23.1 Å². The number of nitrogen functional groups attached to an aromatic ring is 1. The Kier molecular flexibility index (Phi) is 5.83. The van der Waals surface area contributed by atoms with Crippen LogP contribution >= 0.6 is 0 Å². The molecule has 0 radical (unpaired) electrons. The van der Waals surface area contributed by atoms with Crippen LogP contribution < -0.4 is 10.6 Å². The Labute approximate surface area is 180 Å². The number of aromatic nitrogens is 3. The lowest BCUT2D eigenvalue weighted by Gasteiger charge is -2.35. The van der Waals surface area contributed by atoms with Gasteiger partial charge >= 0.3 is 5.97 Å². The van der Waals surface area contributed by atoms with Gasteiger partial charge in [-0.05, 0) is 43.3 Å². The van der Waals surface area contributed by atoms with Gasteiger partial charge in [-0.1, -0.05) is 6.07 Å². The number of nitrogens with two attached hydrogens (primary N) is 1. The summed E-state index contributed by atoms with van der Waals surface area (Å²) in [7, 11) is 0. The number of piperazine rings is 1. The fourth-order valence-electron chi connectivity index (χ4n) is 3.54. The SMILES string of the molecule is CCOC(=O)c1cnn(-c2ccc(C(=O)N3CCN(c4ccccn4)CC3)cc2)c1N. The van der Waals surface area contributed by atoms with Gasteiger partial charge in [-0.25, -0.2) is 14.5 Å². The van der Waals surface area contributed by atoms with Gasteiger partial charge in [0.1, 0.15) is 17.2 Å². The molecule has 4 rings (SSSR count). The van der Waals surface area contributed by atoms with Crippen LogP contribution in [0.4, 0.5) is 11.6 Å². The first-order chi connectivity index (χ1) is 15.1. The lowest BCUT2D eigenvalue weighted by atomic mass is 10.1. The molecule has 160 valence electrons. The minimum atomic E-state index is -0.511. The Morgan fingerprint density at radius 2 is 1.81 bits per heavy atom. The normalized spacial score (nSPS) is 13.8. The maximum Gasteiger partial charge on any atom is 0.343 e. The summed E-state index contributed by atoms with van der Waals surface area (Å²) in [5.74, 6) is 0.594. The van der Waals surface area contributed by atoms with Gasteiger partial charge in [0.2, 0.25) is 0 Å². The molecule has 9 heteroatoms. The van der Waals surface area contributed by atoms with Gasteiger partial charge in [-0.15, -0.1) is 0 Å². The quantitative estimate of drug-likeness (QED) is 0.629. The number of ether oxygens (including phenoxy) is 1. The topological polar surface area (TPSA) is 107 Å². The number of hydrogen-bond acceptors (Lipinski definition) is 7. The predicted octanol–water partition coefficient (Wildman–Crippen LogP) is 1.99. The van der Waals surface area contributed by atoms with Crippen molar-refractivity contribution in [3.63, 3.8) is 0 Å². The molecule has 1 saturated heterocycles. The first-order valence-corrected chi connectivity index (χ1v) is 10.1. The van der Waals surface area contributed by atoms with Crippen molar-refractivity contribution in [3.8, 4) is 5.69 Å². The molecule has 0 spiro atoms. The highest BCUT2D eigenvalue weighted by atomic mass is 16.5. The van der Waals surface area contributed by atoms with Crippen LogP contribution in [0.5, 0.6) is 0 Å². The first-order valence-electron chi connectivity index (χ1n) is 10.1. The lowest BCUT2D eigenvalue weighted by molar-refractivity contribution is 0.0527. The van der Waals surface area contributed by atoms with Crippen LogP contribution in [0.2, 0.25) is 0 Å². The Bertz CT molecular complexity index is 1060. The van der Waals surface area contributed by atoms with Crippen molar-refractivity contribution in [2.24, 2.45) is 0 Å². The zero-order valence-electron chi connectivity index (χ0n) is 17.3. The van der Waals surface area contributed by atoms with Crippen LogP contribution in [0.15, 0.2) is 54.9 Å². The van der Waals surface area contributed by atoms with Crippen LogP contribution in [-0.2, 0) is 4.74 Å². The molecule has 1 fully saturated rings. The summed E-state index contributed by atoms with van der Waals surface area (Å²) in [5.41, 5.74) is 7.52. The fraction of sp³-hybridized carbons (Fsp3) is 0.273. The summed E-state index contributed by atoms with van der Waals surface area (Å²) in [5, 5.41) is 4.17. The highest BCUT2D eigenvalue weighted by Gasteiger charge is 2.23. The number of amides is 1. The maximum atomic E-state index is 12.9. The number of anilines is 2. The second-order valence-electron chi connectivity index (χ2n) is 7.09. The van der Waals surface area contributed by atoms with Crippen molar-refractivity contribution >= 4 is 23.5 Å². The van der Waals surface area contributed by atoms with Crippen LogP contribution in [0.25, 0.3) is 5.69 Å². The van der Waals surface area contributed by atoms with Gasteiger partial charge in [-0.3, -0.25) is 4.79 Å². The number of hydrogen-bond donors (Lipinski definition) is 1. The molecular weight excluding hydrogens is 396 g/mol. The smallest absolute Gasteiger partial charge is 0.343 e. The highest BCUT2D eigenvalue weighted by Crippen LogP contribution is 2.20. The molecule has 2 N–H and O–H groups in total. The van der Waals surface area contributed by atoms with E-state index in [0.29, 0.717) is 24.3 Å². The van der Waals surface area contributed by atoms with Gasteiger partial charge in [0, 0.05) is 37.9 Å². The summed E-state index contributed by atoms with van der Waals surface area (Å²) in [6.07, 6.45) is 3.16. The van der Waals surface area contributed by atoms with Crippen molar-refractivity contribution in [1.82, 2.24) is 19.7 Å². The minimum Gasteiger partial charge on any atom is -0.462 e. The molecule has 0 bridgehead atoms. The zero-order valence-corrected chi connectivity index (χ0v) is 17.3. The van der Waals surface area contributed by atoms with Crippen molar-refractivity contribution in [2.75, 3.05) is 43.4 Å². The molecule has 0 unspecified atom stereocenters. The molecule has 2 aromatic heterocycles. The number of carbonyl (C=O) groups excluding carboxylic acids is 2. The van der Waals surface area contributed by atoms with Gasteiger partial charge < -0.3 is 20.3 Å². The average Bonchev–Trinajstić information content (AvgIpc) is 3.21. The summed E-state index contributed by atoms with van der Waals surface area (Å²) in [6.45, 7) is 4.73. The van der Waals surface area contributed by atoms with E-state index in [0.717, 1.165) is 18.9 Å². The highest BCUT2D eigenvalue weighted by molar-refractivity contribution is 5.95. The molecule has 3 heterocycles. The number of benzene rings is 1. The third-order valence-corrected chi connectivity index (χ3v) is 5.20. The van der Waals surface area contributed by atoms with Crippen molar-refractivity contribution < 1.29 is 14.3 Å². The Hall–Kier alpha value is -3.88. The molecule has 0 aliphatic carbocycles. The molecule has 1 aliphatic heterocycles. The van der Waals surface area contributed by atoms with Gasteiger partial charge in [0.25, 0.3) is 5.91 Å². The van der Waals surface area contributed by atoms with Crippen molar-refractivity contribution in [1.29, 1.82) is 0 Å². The predicted molar refractivity (Wildman–Crippen MR) is 116 cm³/mol. The van der Waals surface area contributed by atoms with E-state index in [4.69, 9.17) is 10.5 Å². The molecule has 31 heavy (non-hydrogen) atoms. The molecule has 9 nitrogen and oxygen atoms in total. The van der Waals surface area contributed by atoms with Gasteiger partial charge in [0.15, 0.2) is 0 Å². The standard InChI is InChI=1S/C22H24N6O3/c1-2-31-22(30)18-15-25-28(20(18)23)17-8-6-16(7-9-17)21(29)27-13-11-26(12-14-27)19-5-3-4-10-24-19/h3-10,15H,2,11-14,23H2,1H3. The first kappa shape index (κ1) is 20.4. The van der Waals surface area contributed by atoms with Crippen LogP contribution in [-0.4, -0.2) is 64.3 Å². The molecule has 0 atom stereocenters. The Balaban J connectivity index is 1.42. The number of esters is 1. The zero-order chi connectivity index (χ0) is 21.8. The van der Waals surface area contributed by atoms with Crippen molar-refractivity contribution in [3.05, 3.63) is 66.0 Å². The van der Waals surface area contributed by atoms with Gasteiger partial charge in [-0.2, -0.15) is 5.10 Å². The summed E-state index contributed by atoms with van der Waals surface area (Å²) in [6, 6.07) is 12.8. The second-order valence-corrected chi connectivity index (χ2v) is 7.09. The van der Waals surface area contributed by atoms with E-state index in [1.165, 1.54) is 10.9 Å². The average molecular weight is 420 g/mol. The van der Waals surface area contributed by atoms with Crippen molar-refractivity contribution in [2.45, 2.75) is 6.92 Å². The molecule has 1 aromatic carbocycles. The lowest BCUT2D eigenvalue weighted by Crippen LogP contribution is -2.49. The van der Waals surface area contributed by atoms with E-state index < -0.39 is 5.97 Å². The molecule has 3 aromatic rings. The third-order valence-electron chi connectivity index (χ3n) is 5.20. The minimum absolute atomic E-state index is 0.0205. The fourth-order valence-corrected chi connectivity index (χ4v) is 3.54. The maximum absolute atomic E-state index is 12.9. The number of carbonyl (C=O) groups is 2.